The first kappa shape index (κ1) is 14.6. The van der Waals surface area contributed by atoms with E-state index >= 15 is 0 Å². The Balaban J connectivity index is 2.80. The third-order valence-electron chi connectivity index (χ3n) is 2.52. The maximum absolute atomic E-state index is 11.9. The lowest BCUT2D eigenvalue weighted by Crippen LogP contribution is -2.26. The van der Waals surface area contributed by atoms with Crippen LogP contribution in [0.4, 0.5) is 0 Å². The highest BCUT2D eigenvalue weighted by Crippen LogP contribution is 2.14. The SMILES string of the molecule is CNCCCNS(=O)(=O)c1ccc(C#N)c(C)c1. The summed E-state index contributed by atoms with van der Waals surface area (Å²) >= 11 is 0. The number of aryl methyl sites for hydroxylation is 1. The lowest BCUT2D eigenvalue weighted by atomic mass is 10.1. The fourth-order valence-corrected chi connectivity index (χ4v) is 2.64. The smallest absolute Gasteiger partial charge is 0.240 e. The van der Waals surface area contributed by atoms with E-state index in [2.05, 4.69) is 10.0 Å². The number of benzene rings is 1. The molecule has 0 fully saturated rings. The minimum Gasteiger partial charge on any atom is -0.320 e. The second kappa shape index (κ2) is 6.50. The van der Waals surface area contributed by atoms with Gasteiger partial charge in [0.05, 0.1) is 16.5 Å². The molecular weight excluding hydrogens is 250 g/mol. The first-order valence-electron chi connectivity index (χ1n) is 5.66. The number of hydrogen-bond acceptors (Lipinski definition) is 4. The van der Waals surface area contributed by atoms with Crippen LogP contribution < -0.4 is 10.0 Å². The third kappa shape index (κ3) is 3.81. The maximum Gasteiger partial charge on any atom is 0.240 e. The molecule has 0 saturated heterocycles. The van der Waals surface area contributed by atoms with Crippen molar-refractivity contribution in [2.24, 2.45) is 0 Å². The topological polar surface area (TPSA) is 82.0 Å². The van der Waals surface area contributed by atoms with Crippen LogP contribution in [0.1, 0.15) is 17.5 Å². The fraction of sp³-hybridized carbons (Fsp3) is 0.417. The number of rotatable bonds is 6. The van der Waals surface area contributed by atoms with E-state index in [0.717, 1.165) is 13.0 Å². The molecule has 18 heavy (non-hydrogen) atoms. The summed E-state index contributed by atoms with van der Waals surface area (Å²) in [4.78, 5) is 0.198. The van der Waals surface area contributed by atoms with E-state index in [-0.39, 0.29) is 4.90 Å². The number of hydrogen-bond donors (Lipinski definition) is 2. The van der Waals surface area contributed by atoms with Gasteiger partial charge in [0.15, 0.2) is 0 Å². The Kier molecular flexibility index (Phi) is 5.28. The van der Waals surface area contributed by atoms with Gasteiger partial charge < -0.3 is 5.32 Å². The highest BCUT2D eigenvalue weighted by molar-refractivity contribution is 7.89. The Morgan fingerprint density at radius 2 is 2.06 bits per heavy atom. The highest BCUT2D eigenvalue weighted by atomic mass is 32.2. The van der Waals surface area contributed by atoms with Crippen LogP contribution in [-0.4, -0.2) is 28.6 Å². The Hall–Kier alpha value is -1.42. The van der Waals surface area contributed by atoms with Gasteiger partial charge in [0.25, 0.3) is 0 Å². The Morgan fingerprint density at radius 1 is 1.33 bits per heavy atom. The van der Waals surface area contributed by atoms with E-state index in [1.165, 1.54) is 18.2 Å². The van der Waals surface area contributed by atoms with Crippen molar-refractivity contribution < 1.29 is 8.42 Å². The van der Waals surface area contributed by atoms with Crippen LogP contribution >= 0.6 is 0 Å². The van der Waals surface area contributed by atoms with Gasteiger partial charge in [-0.05, 0) is 50.7 Å². The predicted molar refractivity (Wildman–Crippen MR) is 69.6 cm³/mol. The zero-order valence-corrected chi connectivity index (χ0v) is 11.3. The minimum atomic E-state index is -3.48. The molecule has 0 heterocycles. The molecule has 1 aromatic rings. The maximum atomic E-state index is 11.9. The van der Waals surface area contributed by atoms with Crippen molar-refractivity contribution in [2.45, 2.75) is 18.2 Å². The van der Waals surface area contributed by atoms with Crippen LogP contribution in [0.2, 0.25) is 0 Å². The summed E-state index contributed by atoms with van der Waals surface area (Å²) < 4.78 is 26.4. The van der Waals surface area contributed by atoms with E-state index in [1.807, 2.05) is 13.1 Å². The largest absolute Gasteiger partial charge is 0.320 e. The highest BCUT2D eigenvalue weighted by Gasteiger charge is 2.14. The van der Waals surface area contributed by atoms with Crippen LogP contribution in [0.25, 0.3) is 0 Å². The van der Waals surface area contributed by atoms with Crippen molar-refractivity contribution in [3.05, 3.63) is 29.3 Å². The monoisotopic (exact) mass is 267 g/mol. The second-order valence-electron chi connectivity index (χ2n) is 3.94. The summed E-state index contributed by atoms with van der Waals surface area (Å²) in [5, 5.41) is 11.7. The van der Waals surface area contributed by atoms with E-state index < -0.39 is 10.0 Å². The van der Waals surface area contributed by atoms with Gasteiger partial charge in [-0.15, -0.1) is 0 Å². The molecule has 0 amide bonds. The van der Waals surface area contributed by atoms with E-state index in [1.54, 1.807) is 6.92 Å². The zero-order chi connectivity index (χ0) is 13.6. The average Bonchev–Trinajstić information content (AvgIpc) is 2.34. The van der Waals surface area contributed by atoms with Crippen molar-refractivity contribution in [1.82, 2.24) is 10.0 Å². The van der Waals surface area contributed by atoms with Gasteiger partial charge in [0.2, 0.25) is 10.0 Å². The van der Waals surface area contributed by atoms with E-state index in [0.29, 0.717) is 17.7 Å². The van der Waals surface area contributed by atoms with Gasteiger partial charge in [-0.25, -0.2) is 13.1 Å². The fourth-order valence-electron chi connectivity index (χ4n) is 1.48. The quantitative estimate of drug-likeness (QED) is 0.745. The second-order valence-corrected chi connectivity index (χ2v) is 5.71. The van der Waals surface area contributed by atoms with Crippen molar-refractivity contribution in [2.75, 3.05) is 20.1 Å². The van der Waals surface area contributed by atoms with Gasteiger partial charge >= 0.3 is 0 Å². The average molecular weight is 267 g/mol. The summed E-state index contributed by atoms with van der Waals surface area (Å²) in [6.45, 7) is 2.87. The normalized spacial score (nSPS) is 11.2. The van der Waals surface area contributed by atoms with E-state index in [4.69, 9.17) is 5.26 Å². The standard InChI is InChI=1S/C12H17N3O2S/c1-10-8-12(5-4-11(10)9-13)18(16,17)15-7-3-6-14-2/h4-5,8,14-15H,3,6-7H2,1-2H3. The molecule has 5 nitrogen and oxygen atoms in total. The van der Waals surface area contributed by atoms with Crippen molar-refractivity contribution in [3.63, 3.8) is 0 Å². The molecule has 1 rings (SSSR count). The Labute approximate surface area is 108 Å². The summed E-state index contributed by atoms with van der Waals surface area (Å²) in [7, 11) is -1.66. The van der Waals surface area contributed by atoms with Gasteiger partial charge in [-0.2, -0.15) is 5.26 Å². The van der Waals surface area contributed by atoms with Gasteiger partial charge in [-0.3, -0.25) is 0 Å². The molecule has 0 spiro atoms. The van der Waals surface area contributed by atoms with Gasteiger partial charge in [0, 0.05) is 6.54 Å². The van der Waals surface area contributed by atoms with Crippen LogP contribution in [0.3, 0.4) is 0 Å². The number of nitriles is 1. The summed E-state index contributed by atoms with van der Waals surface area (Å²) in [6, 6.07) is 6.50. The zero-order valence-electron chi connectivity index (χ0n) is 10.5. The summed E-state index contributed by atoms with van der Waals surface area (Å²) in [6.07, 6.45) is 0.727. The Bertz CT molecular complexity index is 547. The van der Waals surface area contributed by atoms with Gasteiger partial charge in [-0.1, -0.05) is 0 Å². The molecular formula is C12H17N3O2S. The summed E-state index contributed by atoms with van der Waals surface area (Å²) in [5.41, 5.74) is 1.15. The van der Waals surface area contributed by atoms with Crippen LogP contribution in [0.5, 0.6) is 0 Å². The number of sulfonamides is 1. The van der Waals surface area contributed by atoms with Crippen LogP contribution in [0, 0.1) is 18.3 Å². The van der Waals surface area contributed by atoms with Crippen molar-refractivity contribution in [1.29, 1.82) is 5.26 Å². The third-order valence-corrected chi connectivity index (χ3v) is 3.98. The Morgan fingerprint density at radius 3 is 2.61 bits per heavy atom. The molecule has 0 aliphatic rings. The lowest BCUT2D eigenvalue weighted by Gasteiger charge is -2.07. The van der Waals surface area contributed by atoms with Crippen LogP contribution in [0.15, 0.2) is 23.1 Å². The first-order valence-corrected chi connectivity index (χ1v) is 7.14. The molecule has 0 radical (unpaired) electrons. The van der Waals surface area contributed by atoms with Crippen LogP contribution in [-0.2, 0) is 10.0 Å². The molecule has 0 aliphatic heterocycles. The molecule has 0 aliphatic carbocycles. The van der Waals surface area contributed by atoms with E-state index in [9.17, 15) is 8.42 Å². The molecule has 0 unspecified atom stereocenters. The molecule has 6 heteroatoms. The first-order chi connectivity index (χ1) is 8.51. The number of nitrogens with one attached hydrogen (secondary N) is 2. The molecule has 1 aromatic carbocycles. The molecule has 0 bridgehead atoms. The van der Waals surface area contributed by atoms with Crippen molar-refractivity contribution >= 4 is 10.0 Å². The lowest BCUT2D eigenvalue weighted by molar-refractivity contribution is 0.577. The molecule has 0 atom stereocenters. The minimum absolute atomic E-state index is 0.198. The van der Waals surface area contributed by atoms with Gasteiger partial charge in [0.1, 0.15) is 0 Å². The molecule has 0 saturated carbocycles. The summed E-state index contributed by atoms with van der Waals surface area (Å²) in [5.74, 6) is 0. The molecule has 0 aromatic heterocycles. The number of nitrogens with zero attached hydrogens (tertiary/aromatic N) is 1. The molecule has 2 N–H and O–H groups in total. The predicted octanol–water partition coefficient (Wildman–Crippen LogP) is 0.755. The van der Waals surface area contributed by atoms with Crippen molar-refractivity contribution in [3.8, 4) is 6.07 Å². The molecule has 98 valence electrons.